The Morgan fingerprint density at radius 1 is 1.21 bits per heavy atom. The van der Waals surface area contributed by atoms with E-state index in [0.717, 1.165) is 0 Å². The van der Waals surface area contributed by atoms with Gasteiger partial charge in [-0.15, -0.1) is 0 Å². The summed E-state index contributed by atoms with van der Waals surface area (Å²) in [5, 5.41) is 2.37. The Morgan fingerprint density at radius 3 is 2.50 bits per heavy atom. The van der Waals surface area contributed by atoms with Gasteiger partial charge in [0.25, 0.3) is 0 Å². The van der Waals surface area contributed by atoms with Crippen molar-refractivity contribution in [1.82, 2.24) is 10.0 Å². The van der Waals surface area contributed by atoms with Gasteiger partial charge in [0.1, 0.15) is 11.5 Å². The van der Waals surface area contributed by atoms with E-state index >= 15 is 0 Å². The van der Waals surface area contributed by atoms with E-state index in [1.54, 1.807) is 6.07 Å². The fourth-order valence-electron chi connectivity index (χ4n) is 1.58. The zero-order chi connectivity index (χ0) is 18.2. The minimum Gasteiger partial charge on any atom is -0.370 e. The topological polar surface area (TPSA) is 84.5 Å². The maximum absolute atomic E-state index is 12.0. The molecule has 1 rings (SSSR count). The predicted molar refractivity (Wildman–Crippen MR) is 81.1 cm³/mol. The van der Waals surface area contributed by atoms with Crippen LogP contribution in [0.4, 0.5) is 13.2 Å². The van der Waals surface area contributed by atoms with Gasteiger partial charge in [-0.05, 0) is 12.1 Å². The molecule has 136 valence electrons. The number of carbonyl (C=O) groups is 1. The first-order chi connectivity index (χ1) is 11.1. The van der Waals surface area contributed by atoms with E-state index in [1.807, 2.05) is 0 Å². The molecule has 1 aromatic rings. The number of sulfonamides is 1. The van der Waals surface area contributed by atoms with E-state index in [2.05, 4.69) is 14.8 Å². The van der Waals surface area contributed by atoms with E-state index in [1.165, 1.54) is 18.2 Å². The van der Waals surface area contributed by atoms with Crippen LogP contribution >= 0.6 is 11.6 Å². The zero-order valence-corrected chi connectivity index (χ0v) is 14.0. The van der Waals surface area contributed by atoms with Crippen molar-refractivity contribution >= 4 is 27.5 Å². The number of alkyl halides is 3. The summed E-state index contributed by atoms with van der Waals surface area (Å²) in [5.74, 6) is -0.521. The van der Waals surface area contributed by atoms with Crippen LogP contribution in [0.5, 0.6) is 0 Å². The molecule has 24 heavy (non-hydrogen) atoms. The largest absolute Gasteiger partial charge is 0.411 e. The summed E-state index contributed by atoms with van der Waals surface area (Å²) in [7, 11) is -3.84. The maximum atomic E-state index is 12.0. The van der Waals surface area contributed by atoms with E-state index < -0.39 is 28.7 Å². The molecule has 0 aromatic heterocycles. The number of nitrogens with one attached hydrogen (secondary N) is 2. The standard InChI is InChI=1S/C13H16ClF3N2O4S/c14-10-3-1-2-4-11(10)24(21,22)19-6-5-12(20)18-7-8-23-9-13(15,16)17/h1-4,19H,5-9H2,(H,18,20). The van der Waals surface area contributed by atoms with Crippen molar-refractivity contribution in [3.8, 4) is 0 Å². The van der Waals surface area contributed by atoms with E-state index in [4.69, 9.17) is 11.6 Å². The van der Waals surface area contributed by atoms with Gasteiger partial charge in [-0.1, -0.05) is 23.7 Å². The number of rotatable bonds is 9. The van der Waals surface area contributed by atoms with Crippen molar-refractivity contribution in [1.29, 1.82) is 0 Å². The summed E-state index contributed by atoms with van der Waals surface area (Å²) in [6.45, 7) is -1.97. The highest BCUT2D eigenvalue weighted by molar-refractivity contribution is 7.89. The second kappa shape index (κ2) is 9.21. The smallest absolute Gasteiger partial charge is 0.370 e. The number of hydrogen-bond donors (Lipinski definition) is 2. The lowest BCUT2D eigenvalue weighted by molar-refractivity contribution is -0.173. The minimum atomic E-state index is -4.42. The van der Waals surface area contributed by atoms with Crippen molar-refractivity contribution in [2.75, 3.05) is 26.3 Å². The molecule has 0 fully saturated rings. The Bertz CT molecular complexity index is 653. The van der Waals surface area contributed by atoms with Gasteiger partial charge < -0.3 is 10.1 Å². The number of ether oxygens (including phenoxy) is 1. The molecule has 0 aliphatic heterocycles. The third-order valence-corrected chi connectivity index (χ3v) is 4.57. The molecule has 0 saturated heterocycles. The van der Waals surface area contributed by atoms with Crippen LogP contribution in [-0.2, 0) is 19.6 Å². The lowest BCUT2D eigenvalue weighted by Gasteiger charge is -2.09. The third kappa shape index (κ3) is 7.95. The fraction of sp³-hybridized carbons (Fsp3) is 0.462. The second-order valence-corrected chi connectivity index (χ2v) is 6.74. The Labute approximate surface area is 142 Å². The summed E-state index contributed by atoms with van der Waals surface area (Å²) in [6.07, 6.45) is -4.59. The highest BCUT2D eigenvalue weighted by Gasteiger charge is 2.27. The highest BCUT2D eigenvalue weighted by Crippen LogP contribution is 2.19. The average Bonchev–Trinajstić information content (AvgIpc) is 2.45. The molecule has 0 heterocycles. The molecule has 0 aliphatic carbocycles. The Morgan fingerprint density at radius 2 is 1.88 bits per heavy atom. The number of amides is 1. The summed E-state index contributed by atoms with van der Waals surface area (Å²) < 4.78 is 65.9. The summed E-state index contributed by atoms with van der Waals surface area (Å²) >= 11 is 5.79. The molecular weight excluding hydrogens is 373 g/mol. The van der Waals surface area contributed by atoms with Crippen molar-refractivity contribution in [3.05, 3.63) is 29.3 Å². The van der Waals surface area contributed by atoms with Crippen LogP contribution in [0, 0.1) is 0 Å². The van der Waals surface area contributed by atoms with E-state index in [0.29, 0.717) is 0 Å². The van der Waals surface area contributed by atoms with Crippen molar-refractivity contribution in [3.63, 3.8) is 0 Å². The van der Waals surface area contributed by atoms with Crippen LogP contribution in [-0.4, -0.2) is 46.8 Å². The monoisotopic (exact) mass is 388 g/mol. The Kier molecular flexibility index (Phi) is 7.94. The van der Waals surface area contributed by atoms with Gasteiger partial charge in [-0.2, -0.15) is 13.2 Å². The molecule has 0 radical (unpaired) electrons. The van der Waals surface area contributed by atoms with Gasteiger partial charge in [-0.3, -0.25) is 4.79 Å². The molecule has 0 saturated carbocycles. The number of halogens is 4. The molecule has 0 spiro atoms. The summed E-state index contributed by atoms with van der Waals surface area (Å²) in [4.78, 5) is 11.3. The SMILES string of the molecule is O=C(CCNS(=O)(=O)c1ccccc1Cl)NCCOCC(F)(F)F. The van der Waals surface area contributed by atoms with E-state index in [-0.39, 0.29) is 36.0 Å². The first kappa shape index (κ1) is 20.7. The number of hydrogen-bond acceptors (Lipinski definition) is 4. The molecule has 0 unspecified atom stereocenters. The highest BCUT2D eigenvalue weighted by atomic mass is 35.5. The van der Waals surface area contributed by atoms with Crippen LogP contribution in [0.2, 0.25) is 5.02 Å². The van der Waals surface area contributed by atoms with Gasteiger partial charge in [0.05, 0.1) is 11.6 Å². The molecule has 0 atom stereocenters. The number of benzene rings is 1. The molecule has 1 amide bonds. The van der Waals surface area contributed by atoms with Crippen LogP contribution in [0.1, 0.15) is 6.42 Å². The van der Waals surface area contributed by atoms with E-state index in [9.17, 15) is 26.4 Å². The first-order valence-electron chi connectivity index (χ1n) is 6.77. The molecular formula is C13H16ClF3N2O4S. The summed E-state index contributed by atoms with van der Waals surface area (Å²) in [6, 6.07) is 5.83. The zero-order valence-electron chi connectivity index (χ0n) is 12.4. The Balaban J connectivity index is 2.27. The van der Waals surface area contributed by atoms with Gasteiger partial charge >= 0.3 is 6.18 Å². The molecule has 0 bridgehead atoms. The molecule has 6 nitrogen and oxygen atoms in total. The molecule has 11 heteroatoms. The molecule has 0 aliphatic rings. The Hall–Kier alpha value is -1.36. The van der Waals surface area contributed by atoms with Gasteiger partial charge in [0.2, 0.25) is 15.9 Å². The van der Waals surface area contributed by atoms with Gasteiger partial charge in [0, 0.05) is 19.5 Å². The second-order valence-electron chi connectivity index (χ2n) is 4.60. The quantitative estimate of drug-likeness (QED) is 0.631. The van der Waals surface area contributed by atoms with Crippen LogP contribution in [0.3, 0.4) is 0 Å². The predicted octanol–water partition coefficient (Wildman–Crippen LogP) is 1.70. The van der Waals surface area contributed by atoms with Crippen molar-refractivity contribution < 1.29 is 31.1 Å². The summed E-state index contributed by atoms with van der Waals surface area (Å²) in [5.41, 5.74) is 0. The average molecular weight is 389 g/mol. The minimum absolute atomic E-state index is 0.0521. The maximum Gasteiger partial charge on any atom is 0.411 e. The van der Waals surface area contributed by atoms with Gasteiger partial charge in [-0.25, -0.2) is 13.1 Å². The fourth-order valence-corrected chi connectivity index (χ4v) is 3.13. The molecule has 1 aromatic carbocycles. The van der Waals surface area contributed by atoms with Crippen LogP contribution in [0.25, 0.3) is 0 Å². The third-order valence-electron chi connectivity index (χ3n) is 2.60. The van der Waals surface area contributed by atoms with Crippen molar-refractivity contribution in [2.45, 2.75) is 17.5 Å². The normalized spacial score (nSPS) is 12.2. The number of carbonyl (C=O) groups excluding carboxylic acids is 1. The van der Waals surface area contributed by atoms with Crippen molar-refractivity contribution in [2.24, 2.45) is 0 Å². The lowest BCUT2D eigenvalue weighted by Crippen LogP contribution is -2.33. The molecule has 2 N–H and O–H groups in total. The van der Waals surface area contributed by atoms with Crippen LogP contribution < -0.4 is 10.0 Å². The van der Waals surface area contributed by atoms with Crippen LogP contribution in [0.15, 0.2) is 29.2 Å². The first-order valence-corrected chi connectivity index (χ1v) is 8.63. The van der Waals surface area contributed by atoms with Gasteiger partial charge in [0.15, 0.2) is 0 Å². The lowest BCUT2D eigenvalue weighted by atomic mass is 10.4.